The van der Waals surface area contributed by atoms with E-state index in [1.165, 1.54) is 0 Å². The molecule has 27 heavy (non-hydrogen) atoms. The van der Waals surface area contributed by atoms with Gasteiger partial charge in [0.05, 0.1) is 22.8 Å². The smallest absolute Gasteiger partial charge is 0.180 e. The maximum absolute atomic E-state index is 13.2. The Hall–Kier alpha value is -1.40. The van der Waals surface area contributed by atoms with Crippen LogP contribution in [0.15, 0.2) is 59.5 Å². The summed E-state index contributed by atoms with van der Waals surface area (Å²) in [5, 5.41) is 13.4. The minimum Gasteiger partial charge on any atom is -0.393 e. The summed E-state index contributed by atoms with van der Waals surface area (Å²) in [4.78, 5) is 0.411. The van der Waals surface area contributed by atoms with Crippen LogP contribution in [0.25, 0.3) is 0 Å². The van der Waals surface area contributed by atoms with Gasteiger partial charge in [0.2, 0.25) is 0 Å². The lowest BCUT2D eigenvalue weighted by atomic mass is 9.87. The molecule has 4 nitrogen and oxygen atoms in total. The van der Waals surface area contributed by atoms with E-state index in [1.807, 2.05) is 49.4 Å². The first-order valence-electron chi connectivity index (χ1n) is 9.19. The number of sulfone groups is 1. The van der Waals surface area contributed by atoms with Crippen molar-refractivity contribution >= 4 is 22.2 Å². The van der Waals surface area contributed by atoms with Gasteiger partial charge in [-0.2, -0.15) is 0 Å². The number of hydrogen-bond acceptors (Lipinski definition) is 4. The van der Waals surface area contributed by atoms with Crippen molar-refractivity contribution in [2.75, 3.05) is 5.75 Å². The number of aliphatic hydroxyl groups excluding tert-OH is 1. The molecule has 1 unspecified atom stereocenters. The van der Waals surface area contributed by atoms with Gasteiger partial charge >= 0.3 is 0 Å². The first kappa shape index (κ1) is 21.9. The van der Waals surface area contributed by atoms with Crippen LogP contribution >= 0.6 is 12.4 Å². The summed E-state index contributed by atoms with van der Waals surface area (Å²) in [7, 11) is -3.43. The zero-order valence-corrected chi connectivity index (χ0v) is 17.4. The molecule has 0 radical (unpaired) electrons. The number of fused-ring (bicyclic) bond motifs is 1. The fourth-order valence-corrected chi connectivity index (χ4v) is 5.93. The third kappa shape index (κ3) is 4.72. The molecule has 0 bridgehead atoms. The van der Waals surface area contributed by atoms with E-state index in [0.717, 1.165) is 11.1 Å². The van der Waals surface area contributed by atoms with Crippen molar-refractivity contribution in [3.8, 4) is 0 Å². The molecule has 0 saturated carbocycles. The van der Waals surface area contributed by atoms with Crippen LogP contribution < -0.4 is 5.32 Å². The van der Waals surface area contributed by atoms with Gasteiger partial charge in [-0.15, -0.1) is 12.4 Å². The van der Waals surface area contributed by atoms with Gasteiger partial charge in [0.1, 0.15) is 0 Å². The molecule has 6 heteroatoms. The molecule has 2 N–H and O–H groups in total. The van der Waals surface area contributed by atoms with Gasteiger partial charge in [-0.1, -0.05) is 55.5 Å². The standard InChI is InChI=1S/C21H27NO3S.ClH/c1-3-21(14-13-16(2)23)15-26(24,25)19-12-8-7-11-18(19)20(22-21)17-9-5-4-6-10-17;/h4-12,16,20,22-23H,3,13-15H2,1-2H3;1H/t16?,20-,21+;/m1./s1. The number of hydrogen-bond donors (Lipinski definition) is 2. The predicted octanol–water partition coefficient (Wildman–Crippen LogP) is 3.88. The van der Waals surface area contributed by atoms with Crippen LogP contribution in [-0.2, 0) is 9.84 Å². The third-order valence-electron chi connectivity index (χ3n) is 5.33. The largest absolute Gasteiger partial charge is 0.393 e. The van der Waals surface area contributed by atoms with Gasteiger partial charge in [0.15, 0.2) is 9.84 Å². The summed E-state index contributed by atoms with van der Waals surface area (Å²) in [6.07, 6.45) is 1.39. The van der Waals surface area contributed by atoms with Crippen LogP contribution in [0.2, 0.25) is 0 Å². The van der Waals surface area contributed by atoms with Gasteiger partial charge in [0.25, 0.3) is 0 Å². The van der Waals surface area contributed by atoms with Crippen molar-refractivity contribution in [1.82, 2.24) is 5.32 Å². The van der Waals surface area contributed by atoms with Crippen LogP contribution in [0.3, 0.4) is 0 Å². The number of rotatable bonds is 5. The molecule has 0 amide bonds. The van der Waals surface area contributed by atoms with Crippen molar-refractivity contribution in [2.45, 2.75) is 55.7 Å². The molecule has 148 valence electrons. The SMILES string of the molecule is CC[C@]1(CCC(C)O)CS(=O)(=O)c2ccccc2[C@@H](c2ccccc2)N1.Cl. The molecule has 1 aliphatic heterocycles. The first-order valence-corrected chi connectivity index (χ1v) is 10.8. The monoisotopic (exact) mass is 409 g/mol. The topological polar surface area (TPSA) is 66.4 Å². The summed E-state index contributed by atoms with van der Waals surface area (Å²) in [5.74, 6) is 0.0452. The number of halogens is 1. The molecular weight excluding hydrogens is 382 g/mol. The minimum atomic E-state index is -3.43. The minimum absolute atomic E-state index is 0. The molecule has 0 saturated heterocycles. The second-order valence-corrected chi connectivity index (χ2v) is 9.26. The Morgan fingerprint density at radius 2 is 1.78 bits per heavy atom. The van der Waals surface area contributed by atoms with E-state index in [1.54, 1.807) is 19.1 Å². The normalized spacial score (nSPS) is 24.9. The molecule has 2 aromatic rings. The molecule has 1 aliphatic rings. The fraction of sp³-hybridized carbons (Fsp3) is 0.429. The highest BCUT2D eigenvalue weighted by atomic mass is 35.5. The van der Waals surface area contributed by atoms with E-state index in [0.29, 0.717) is 24.2 Å². The Balaban J connectivity index is 0.00000261. The molecule has 0 aromatic heterocycles. The second-order valence-electron chi connectivity index (χ2n) is 7.31. The van der Waals surface area contributed by atoms with Gasteiger partial charge in [-0.3, -0.25) is 5.32 Å². The van der Waals surface area contributed by atoms with E-state index in [4.69, 9.17) is 0 Å². The van der Waals surface area contributed by atoms with Crippen LogP contribution in [0.1, 0.15) is 50.3 Å². The molecule has 0 spiro atoms. The summed E-state index contributed by atoms with van der Waals surface area (Å²) in [6, 6.07) is 17.1. The lowest BCUT2D eigenvalue weighted by Crippen LogP contribution is -2.50. The summed E-state index contributed by atoms with van der Waals surface area (Å²) in [6.45, 7) is 3.76. The van der Waals surface area contributed by atoms with E-state index >= 15 is 0 Å². The maximum Gasteiger partial charge on any atom is 0.180 e. The highest BCUT2D eigenvalue weighted by molar-refractivity contribution is 7.91. The number of benzene rings is 2. The fourth-order valence-electron chi connectivity index (χ4n) is 3.79. The van der Waals surface area contributed by atoms with E-state index in [2.05, 4.69) is 5.32 Å². The van der Waals surface area contributed by atoms with Gasteiger partial charge < -0.3 is 5.11 Å². The van der Waals surface area contributed by atoms with Crippen molar-refractivity contribution in [2.24, 2.45) is 0 Å². The molecule has 0 aliphatic carbocycles. The zero-order chi connectivity index (χ0) is 18.8. The van der Waals surface area contributed by atoms with Crippen molar-refractivity contribution < 1.29 is 13.5 Å². The van der Waals surface area contributed by atoms with E-state index < -0.39 is 21.5 Å². The molecule has 2 aromatic carbocycles. The average Bonchev–Trinajstić information content (AvgIpc) is 2.74. The maximum atomic E-state index is 13.2. The Morgan fingerprint density at radius 1 is 1.15 bits per heavy atom. The first-order chi connectivity index (χ1) is 12.4. The molecule has 3 rings (SSSR count). The predicted molar refractivity (Wildman–Crippen MR) is 111 cm³/mol. The van der Waals surface area contributed by atoms with Gasteiger partial charge in [-0.25, -0.2) is 8.42 Å². The third-order valence-corrected chi connectivity index (χ3v) is 7.31. The summed E-state index contributed by atoms with van der Waals surface area (Å²) in [5.41, 5.74) is 1.27. The highest BCUT2D eigenvalue weighted by Crippen LogP contribution is 2.37. The Morgan fingerprint density at radius 3 is 2.41 bits per heavy atom. The molecular formula is C21H28ClNO3S. The second kappa shape index (κ2) is 8.74. The van der Waals surface area contributed by atoms with Crippen molar-refractivity contribution in [3.63, 3.8) is 0 Å². The number of aliphatic hydroxyl groups is 1. The van der Waals surface area contributed by atoms with E-state index in [-0.39, 0.29) is 24.2 Å². The van der Waals surface area contributed by atoms with Crippen molar-refractivity contribution in [1.29, 1.82) is 0 Å². The summed E-state index contributed by atoms with van der Waals surface area (Å²) < 4.78 is 26.4. The molecule has 1 heterocycles. The lowest BCUT2D eigenvalue weighted by Gasteiger charge is -2.36. The molecule has 0 fully saturated rings. The average molecular weight is 410 g/mol. The van der Waals surface area contributed by atoms with Crippen LogP contribution in [-0.4, -0.2) is 30.9 Å². The quantitative estimate of drug-likeness (QED) is 0.786. The van der Waals surface area contributed by atoms with Crippen LogP contribution in [0, 0.1) is 0 Å². The Bertz CT molecular complexity index is 855. The zero-order valence-electron chi connectivity index (χ0n) is 15.8. The number of nitrogens with one attached hydrogen (secondary N) is 1. The molecule has 3 atom stereocenters. The highest BCUT2D eigenvalue weighted by Gasteiger charge is 2.41. The van der Waals surface area contributed by atoms with Crippen molar-refractivity contribution in [3.05, 3.63) is 65.7 Å². The van der Waals surface area contributed by atoms with Crippen LogP contribution in [0.5, 0.6) is 0 Å². The van der Waals surface area contributed by atoms with Gasteiger partial charge in [-0.05, 0) is 43.4 Å². The lowest BCUT2D eigenvalue weighted by molar-refractivity contribution is 0.160. The Labute approximate surface area is 168 Å². The van der Waals surface area contributed by atoms with E-state index in [9.17, 15) is 13.5 Å². The Kier molecular flexibility index (Phi) is 7.09. The van der Waals surface area contributed by atoms with Crippen LogP contribution in [0.4, 0.5) is 0 Å². The van der Waals surface area contributed by atoms with Gasteiger partial charge in [0, 0.05) is 5.54 Å². The summed E-state index contributed by atoms with van der Waals surface area (Å²) >= 11 is 0.